The van der Waals surface area contributed by atoms with Gasteiger partial charge >= 0.3 is 5.97 Å². The van der Waals surface area contributed by atoms with Crippen LogP contribution in [-0.2, 0) is 4.79 Å². The molecule has 3 heteroatoms. The minimum absolute atomic E-state index is 0.126. The summed E-state index contributed by atoms with van der Waals surface area (Å²) in [6.07, 6.45) is 7.99. The zero-order chi connectivity index (χ0) is 13.1. The number of hydrogen-bond acceptors (Lipinski definition) is 2. The number of hydrogen-bond donors (Lipinski definition) is 1. The molecule has 0 heterocycles. The van der Waals surface area contributed by atoms with E-state index in [9.17, 15) is 9.90 Å². The fourth-order valence-corrected chi connectivity index (χ4v) is 3.37. The van der Waals surface area contributed by atoms with Crippen molar-refractivity contribution >= 4 is 5.97 Å². The molecule has 18 heavy (non-hydrogen) atoms. The number of carbonyl (C=O) groups is 1. The second kappa shape index (κ2) is 6.05. The SMILES string of the molecule is CCCCN(C1CC1)C1CC(C)CCC1C(=O)O. The van der Waals surface area contributed by atoms with E-state index < -0.39 is 5.97 Å². The molecule has 3 nitrogen and oxygen atoms in total. The fourth-order valence-electron chi connectivity index (χ4n) is 3.37. The van der Waals surface area contributed by atoms with Crippen LogP contribution in [0.3, 0.4) is 0 Å². The van der Waals surface area contributed by atoms with Crippen molar-refractivity contribution in [2.75, 3.05) is 6.54 Å². The molecular weight excluding hydrogens is 226 g/mol. The Balaban J connectivity index is 2.05. The average molecular weight is 253 g/mol. The lowest BCUT2D eigenvalue weighted by atomic mass is 9.78. The van der Waals surface area contributed by atoms with Crippen LogP contribution in [0.15, 0.2) is 0 Å². The molecule has 0 saturated heterocycles. The summed E-state index contributed by atoms with van der Waals surface area (Å²) in [6.45, 7) is 5.58. The summed E-state index contributed by atoms with van der Waals surface area (Å²) in [4.78, 5) is 14.0. The molecule has 2 aliphatic rings. The Bertz CT molecular complexity index is 288. The van der Waals surface area contributed by atoms with Gasteiger partial charge in [-0.1, -0.05) is 20.3 Å². The Kier molecular flexibility index (Phi) is 4.66. The van der Waals surface area contributed by atoms with Crippen molar-refractivity contribution in [2.45, 2.75) is 70.9 Å². The Morgan fingerprint density at radius 2 is 2.00 bits per heavy atom. The summed E-state index contributed by atoms with van der Waals surface area (Å²) in [7, 11) is 0. The molecule has 2 fully saturated rings. The highest BCUT2D eigenvalue weighted by atomic mass is 16.4. The molecule has 3 unspecified atom stereocenters. The summed E-state index contributed by atoms with van der Waals surface area (Å²) in [5.41, 5.74) is 0. The first kappa shape index (κ1) is 13.9. The van der Waals surface area contributed by atoms with E-state index in [0.29, 0.717) is 18.0 Å². The van der Waals surface area contributed by atoms with Crippen LogP contribution in [0, 0.1) is 11.8 Å². The third-order valence-electron chi connectivity index (χ3n) is 4.61. The smallest absolute Gasteiger partial charge is 0.308 e. The van der Waals surface area contributed by atoms with Gasteiger partial charge in [-0.2, -0.15) is 0 Å². The van der Waals surface area contributed by atoms with Crippen molar-refractivity contribution in [3.8, 4) is 0 Å². The lowest BCUT2D eigenvalue weighted by molar-refractivity contribution is -0.146. The first-order valence-electron chi connectivity index (χ1n) is 7.62. The molecule has 0 bridgehead atoms. The first-order chi connectivity index (χ1) is 8.63. The van der Waals surface area contributed by atoms with Crippen molar-refractivity contribution in [2.24, 2.45) is 11.8 Å². The Labute approximate surface area is 111 Å². The van der Waals surface area contributed by atoms with Gasteiger partial charge in [0.2, 0.25) is 0 Å². The molecule has 1 N–H and O–H groups in total. The normalized spacial score (nSPS) is 32.7. The van der Waals surface area contributed by atoms with Crippen LogP contribution in [0.1, 0.15) is 58.8 Å². The maximum absolute atomic E-state index is 11.5. The predicted octanol–water partition coefficient (Wildman–Crippen LogP) is 3.14. The monoisotopic (exact) mass is 253 g/mol. The molecule has 0 amide bonds. The molecule has 104 valence electrons. The van der Waals surface area contributed by atoms with Crippen molar-refractivity contribution in [1.82, 2.24) is 4.90 Å². The summed E-state index contributed by atoms with van der Waals surface area (Å²) in [5.74, 6) is -0.0128. The zero-order valence-electron chi connectivity index (χ0n) is 11.8. The van der Waals surface area contributed by atoms with Crippen LogP contribution < -0.4 is 0 Å². The van der Waals surface area contributed by atoms with Crippen LogP contribution in [-0.4, -0.2) is 34.6 Å². The summed E-state index contributed by atoms with van der Waals surface area (Å²) in [6, 6.07) is 0.985. The van der Waals surface area contributed by atoms with E-state index in [1.54, 1.807) is 0 Å². The predicted molar refractivity (Wildman–Crippen MR) is 72.6 cm³/mol. The molecule has 0 aromatic rings. The van der Waals surface area contributed by atoms with Gasteiger partial charge in [0.15, 0.2) is 0 Å². The summed E-state index contributed by atoms with van der Waals surface area (Å²) < 4.78 is 0. The van der Waals surface area contributed by atoms with E-state index in [1.807, 2.05) is 0 Å². The number of rotatable bonds is 6. The lowest BCUT2D eigenvalue weighted by Crippen LogP contribution is -2.48. The average Bonchev–Trinajstić information content (AvgIpc) is 3.13. The number of carboxylic acid groups (broad SMARTS) is 1. The second-order valence-corrected chi connectivity index (χ2v) is 6.25. The molecule has 0 radical (unpaired) electrons. The Morgan fingerprint density at radius 1 is 1.28 bits per heavy atom. The summed E-state index contributed by atoms with van der Waals surface area (Å²) in [5, 5.41) is 9.44. The highest BCUT2D eigenvalue weighted by Gasteiger charge is 2.42. The molecule has 2 aliphatic carbocycles. The number of carboxylic acids is 1. The van der Waals surface area contributed by atoms with Crippen LogP contribution >= 0.6 is 0 Å². The molecule has 3 atom stereocenters. The minimum atomic E-state index is -0.575. The van der Waals surface area contributed by atoms with Crippen molar-refractivity contribution < 1.29 is 9.90 Å². The first-order valence-corrected chi connectivity index (χ1v) is 7.62. The summed E-state index contributed by atoms with van der Waals surface area (Å²) >= 11 is 0. The second-order valence-electron chi connectivity index (χ2n) is 6.25. The van der Waals surface area contributed by atoms with E-state index in [0.717, 1.165) is 25.8 Å². The topological polar surface area (TPSA) is 40.5 Å². The zero-order valence-corrected chi connectivity index (χ0v) is 11.8. The fraction of sp³-hybridized carbons (Fsp3) is 0.933. The third kappa shape index (κ3) is 3.25. The van der Waals surface area contributed by atoms with Crippen molar-refractivity contribution in [3.63, 3.8) is 0 Å². The number of aliphatic carboxylic acids is 1. The molecule has 2 saturated carbocycles. The van der Waals surface area contributed by atoms with Gasteiger partial charge in [-0.3, -0.25) is 9.69 Å². The molecule has 2 rings (SSSR count). The molecule has 0 spiro atoms. The van der Waals surface area contributed by atoms with Crippen LogP contribution in [0.25, 0.3) is 0 Å². The van der Waals surface area contributed by atoms with Gasteiger partial charge in [-0.15, -0.1) is 0 Å². The van der Waals surface area contributed by atoms with Gasteiger partial charge in [0.05, 0.1) is 5.92 Å². The van der Waals surface area contributed by atoms with Gasteiger partial charge in [-0.05, 0) is 51.0 Å². The Morgan fingerprint density at radius 3 is 2.56 bits per heavy atom. The van der Waals surface area contributed by atoms with Gasteiger partial charge < -0.3 is 5.11 Å². The third-order valence-corrected chi connectivity index (χ3v) is 4.61. The van der Waals surface area contributed by atoms with Crippen LogP contribution in [0.2, 0.25) is 0 Å². The molecular formula is C15H27NO2. The quantitative estimate of drug-likeness (QED) is 0.790. The van der Waals surface area contributed by atoms with E-state index in [1.165, 1.54) is 25.7 Å². The minimum Gasteiger partial charge on any atom is -0.481 e. The van der Waals surface area contributed by atoms with E-state index in [-0.39, 0.29) is 5.92 Å². The van der Waals surface area contributed by atoms with Gasteiger partial charge in [0.1, 0.15) is 0 Å². The van der Waals surface area contributed by atoms with Gasteiger partial charge in [0, 0.05) is 12.1 Å². The lowest BCUT2D eigenvalue weighted by Gasteiger charge is -2.40. The standard InChI is InChI=1S/C15H27NO2/c1-3-4-9-16(12-6-7-12)14-10-11(2)5-8-13(14)15(17)18/h11-14H,3-10H2,1-2H3,(H,17,18). The van der Waals surface area contributed by atoms with Crippen molar-refractivity contribution in [1.29, 1.82) is 0 Å². The van der Waals surface area contributed by atoms with Gasteiger partial charge in [0.25, 0.3) is 0 Å². The number of nitrogens with zero attached hydrogens (tertiary/aromatic N) is 1. The van der Waals surface area contributed by atoms with E-state index in [4.69, 9.17) is 0 Å². The highest BCUT2D eigenvalue weighted by molar-refractivity contribution is 5.71. The molecule has 0 aliphatic heterocycles. The maximum Gasteiger partial charge on any atom is 0.308 e. The van der Waals surface area contributed by atoms with Crippen LogP contribution in [0.4, 0.5) is 0 Å². The van der Waals surface area contributed by atoms with Crippen molar-refractivity contribution in [3.05, 3.63) is 0 Å². The van der Waals surface area contributed by atoms with E-state index in [2.05, 4.69) is 18.7 Å². The molecule has 0 aromatic carbocycles. The largest absolute Gasteiger partial charge is 0.481 e. The van der Waals surface area contributed by atoms with Crippen LogP contribution in [0.5, 0.6) is 0 Å². The van der Waals surface area contributed by atoms with Gasteiger partial charge in [-0.25, -0.2) is 0 Å². The Hall–Kier alpha value is -0.570. The molecule has 0 aromatic heterocycles. The maximum atomic E-state index is 11.5. The van der Waals surface area contributed by atoms with E-state index >= 15 is 0 Å². The highest BCUT2D eigenvalue weighted by Crippen LogP contribution is 2.38. The number of unbranched alkanes of at least 4 members (excludes halogenated alkanes) is 1.